The Bertz CT molecular complexity index is 377. The summed E-state index contributed by atoms with van der Waals surface area (Å²) in [5.41, 5.74) is 6.48. The number of carbonyl (C=O) groups excluding carboxylic acids is 1. The molecule has 0 aliphatic heterocycles. The molecule has 1 aromatic rings. The third kappa shape index (κ3) is 4.36. The molecule has 0 aliphatic rings. The van der Waals surface area contributed by atoms with Gasteiger partial charge in [0.05, 0.1) is 18.6 Å². The van der Waals surface area contributed by atoms with E-state index in [0.29, 0.717) is 6.54 Å². The van der Waals surface area contributed by atoms with E-state index < -0.39 is 0 Å². The monoisotopic (exact) mass is 271 g/mol. The molecule has 0 fully saturated rings. The summed E-state index contributed by atoms with van der Waals surface area (Å²) in [6.45, 7) is 4.32. The van der Waals surface area contributed by atoms with Gasteiger partial charge in [0.15, 0.2) is 0 Å². The van der Waals surface area contributed by atoms with Gasteiger partial charge < -0.3 is 15.8 Å². The number of thiazole rings is 1. The number of amides is 1. The molecule has 0 bridgehead atoms. The summed E-state index contributed by atoms with van der Waals surface area (Å²) in [5.74, 6) is -0.0491. The molecule has 0 saturated carbocycles. The Morgan fingerprint density at radius 1 is 1.67 bits per heavy atom. The highest BCUT2D eigenvalue weighted by molar-refractivity contribution is 7.09. The number of methoxy groups -OCH3 is 1. The maximum atomic E-state index is 11.9. The number of hydrogen-bond donors (Lipinski definition) is 2. The number of nitrogens with zero attached hydrogens (tertiary/aromatic N) is 1. The van der Waals surface area contributed by atoms with Crippen LogP contribution in [0, 0.1) is 6.92 Å². The number of aromatic nitrogens is 1. The van der Waals surface area contributed by atoms with Gasteiger partial charge in [0.25, 0.3) is 0 Å². The first-order chi connectivity index (χ1) is 8.60. The fourth-order valence-electron chi connectivity index (χ4n) is 1.59. The van der Waals surface area contributed by atoms with Crippen molar-refractivity contribution in [2.45, 2.75) is 38.8 Å². The van der Waals surface area contributed by atoms with Gasteiger partial charge in [-0.25, -0.2) is 4.98 Å². The molecule has 1 rings (SSSR count). The first kappa shape index (κ1) is 15.1. The third-order valence-electron chi connectivity index (χ3n) is 2.69. The molecule has 6 heteroatoms. The van der Waals surface area contributed by atoms with Crippen LogP contribution in [0.2, 0.25) is 0 Å². The predicted molar refractivity (Wildman–Crippen MR) is 72.5 cm³/mol. The highest BCUT2D eigenvalue weighted by Gasteiger charge is 2.18. The van der Waals surface area contributed by atoms with Gasteiger partial charge in [-0.15, -0.1) is 11.3 Å². The molecule has 0 radical (unpaired) electrons. The molecule has 1 amide bonds. The van der Waals surface area contributed by atoms with Crippen LogP contribution in [0.15, 0.2) is 5.38 Å². The SMILES string of the molecule is CCC(NC(=O)CC(CN)OC)c1nc(C)cs1. The Hall–Kier alpha value is -0.980. The highest BCUT2D eigenvalue weighted by atomic mass is 32.1. The Kier molecular flexibility index (Phi) is 6.24. The summed E-state index contributed by atoms with van der Waals surface area (Å²) in [6.07, 6.45) is 0.882. The van der Waals surface area contributed by atoms with Crippen molar-refractivity contribution >= 4 is 17.2 Å². The molecule has 102 valence electrons. The average Bonchev–Trinajstić information content (AvgIpc) is 2.79. The van der Waals surface area contributed by atoms with E-state index in [4.69, 9.17) is 10.5 Å². The van der Waals surface area contributed by atoms with E-state index in [2.05, 4.69) is 10.3 Å². The van der Waals surface area contributed by atoms with Crippen molar-refractivity contribution in [1.29, 1.82) is 0 Å². The van der Waals surface area contributed by atoms with E-state index in [-0.39, 0.29) is 24.5 Å². The molecular formula is C12H21N3O2S. The average molecular weight is 271 g/mol. The summed E-state index contributed by atoms with van der Waals surface area (Å²) in [5, 5.41) is 5.91. The maximum Gasteiger partial charge on any atom is 0.223 e. The zero-order valence-corrected chi connectivity index (χ0v) is 11.9. The van der Waals surface area contributed by atoms with Crippen LogP contribution in [0.4, 0.5) is 0 Å². The number of nitrogens with one attached hydrogen (secondary N) is 1. The van der Waals surface area contributed by atoms with E-state index >= 15 is 0 Å². The molecule has 1 heterocycles. The number of aryl methyl sites for hydroxylation is 1. The standard InChI is InChI=1S/C12H21N3O2S/c1-4-10(12-14-8(2)7-18-12)15-11(16)5-9(6-13)17-3/h7,9-10H,4-6,13H2,1-3H3,(H,15,16). The normalized spacial score (nSPS) is 14.2. The second kappa shape index (κ2) is 7.45. The van der Waals surface area contributed by atoms with Gasteiger partial charge >= 0.3 is 0 Å². The number of ether oxygens (including phenoxy) is 1. The molecule has 2 unspecified atom stereocenters. The van der Waals surface area contributed by atoms with Crippen molar-refractivity contribution in [2.24, 2.45) is 5.73 Å². The zero-order valence-electron chi connectivity index (χ0n) is 11.1. The van der Waals surface area contributed by atoms with E-state index in [1.165, 1.54) is 0 Å². The van der Waals surface area contributed by atoms with Gasteiger partial charge in [0.1, 0.15) is 5.01 Å². The van der Waals surface area contributed by atoms with Crippen LogP contribution in [0.1, 0.15) is 36.5 Å². The molecule has 0 aromatic carbocycles. The lowest BCUT2D eigenvalue weighted by atomic mass is 10.2. The molecule has 0 saturated heterocycles. The molecule has 2 atom stereocenters. The van der Waals surface area contributed by atoms with Crippen molar-refractivity contribution in [2.75, 3.05) is 13.7 Å². The van der Waals surface area contributed by atoms with Crippen LogP contribution in [-0.4, -0.2) is 30.6 Å². The van der Waals surface area contributed by atoms with Crippen LogP contribution in [-0.2, 0) is 9.53 Å². The third-order valence-corrected chi connectivity index (χ3v) is 3.76. The van der Waals surface area contributed by atoms with Crippen molar-refractivity contribution in [3.8, 4) is 0 Å². The second-order valence-corrected chi connectivity index (χ2v) is 5.04. The fourth-order valence-corrected chi connectivity index (χ4v) is 2.52. The lowest BCUT2D eigenvalue weighted by molar-refractivity contribution is -0.124. The van der Waals surface area contributed by atoms with Crippen LogP contribution in [0.25, 0.3) is 0 Å². The summed E-state index contributed by atoms with van der Waals surface area (Å²) in [7, 11) is 1.56. The van der Waals surface area contributed by atoms with Gasteiger partial charge in [-0.2, -0.15) is 0 Å². The number of hydrogen-bond acceptors (Lipinski definition) is 5. The molecule has 3 N–H and O–H groups in total. The first-order valence-electron chi connectivity index (χ1n) is 6.04. The van der Waals surface area contributed by atoms with Gasteiger partial charge in [0, 0.05) is 24.7 Å². The Morgan fingerprint density at radius 3 is 2.83 bits per heavy atom. The van der Waals surface area contributed by atoms with E-state index in [0.717, 1.165) is 17.1 Å². The van der Waals surface area contributed by atoms with E-state index in [1.54, 1.807) is 18.4 Å². The largest absolute Gasteiger partial charge is 0.380 e. The minimum absolute atomic E-state index is 0.0218. The van der Waals surface area contributed by atoms with Crippen molar-refractivity contribution in [1.82, 2.24) is 10.3 Å². The van der Waals surface area contributed by atoms with Crippen molar-refractivity contribution < 1.29 is 9.53 Å². The van der Waals surface area contributed by atoms with Crippen LogP contribution in [0.3, 0.4) is 0 Å². The molecule has 1 aromatic heterocycles. The summed E-state index contributed by atoms with van der Waals surface area (Å²) in [6, 6.07) is -0.0218. The maximum absolute atomic E-state index is 11.9. The fraction of sp³-hybridized carbons (Fsp3) is 0.667. The molecule has 0 spiro atoms. The predicted octanol–water partition coefficient (Wildman–Crippen LogP) is 1.38. The highest BCUT2D eigenvalue weighted by Crippen LogP contribution is 2.20. The van der Waals surface area contributed by atoms with Gasteiger partial charge in [-0.3, -0.25) is 4.79 Å². The van der Waals surface area contributed by atoms with E-state index in [9.17, 15) is 4.79 Å². The number of carbonyl (C=O) groups is 1. The van der Waals surface area contributed by atoms with E-state index in [1.807, 2.05) is 19.2 Å². The summed E-state index contributed by atoms with van der Waals surface area (Å²) < 4.78 is 5.10. The summed E-state index contributed by atoms with van der Waals surface area (Å²) in [4.78, 5) is 16.3. The minimum atomic E-state index is -0.222. The Morgan fingerprint density at radius 2 is 2.39 bits per heavy atom. The molecule has 0 aliphatic carbocycles. The number of rotatable bonds is 7. The van der Waals surface area contributed by atoms with Gasteiger partial charge in [-0.1, -0.05) is 6.92 Å². The zero-order chi connectivity index (χ0) is 13.5. The molecule has 5 nitrogen and oxygen atoms in total. The topological polar surface area (TPSA) is 77.2 Å². The van der Waals surface area contributed by atoms with Crippen LogP contribution < -0.4 is 11.1 Å². The number of nitrogens with two attached hydrogens (primary N) is 1. The Balaban J connectivity index is 2.55. The van der Waals surface area contributed by atoms with Crippen molar-refractivity contribution in [3.05, 3.63) is 16.1 Å². The van der Waals surface area contributed by atoms with Gasteiger partial charge in [0.2, 0.25) is 5.91 Å². The quantitative estimate of drug-likeness (QED) is 0.785. The lowest BCUT2D eigenvalue weighted by Crippen LogP contribution is -2.34. The summed E-state index contributed by atoms with van der Waals surface area (Å²) >= 11 is 1.57. The van der Waals surface area contributed by atoms with Gasteiger partial charge in [-0.05, 0) is 13.3 Å². The second-order valence-electron chi connectivity index (χ2n) is 4.15. The van der Waals surface area contributed by atoms with Crippen LogP contribution in [0.5, 0.6) is 0 Å². The molecular weight excluding hydrogens is 250 g/mol. The first-order valence-corrected chi connectivity index (χ1v) is 6.92. The lowest BCUT2D eigenvalue weighted by Gasteiger charge is -2.17. The smallest absolute Gasteiger partial charge is 0.223 e. The van der Waals surface area contributed by atoms with Crippen molar-refractivity contribution in [3.63, 3.8) is 0 Å². The minimum Gasteiger partial charge on any atom is -0.380 e. The molecule has 18 heavy (non-hydrogen) atoms. The van der Waals surface area contributed by atoms with Crippen LogP contribution >= 0.6 is 11.3 Å². The Labute approximate surface area is 112 Å².